The molecular formula is C34H39BrCuN4. The fraction of sp³-hybridized carbons (Fsp3) is 0.412. The largest absolute Gasteiger partial charge is 2.00 e. The van der Waals surface area contributed by atoms with Crippen LogP contribution in [0.5, 0.6) is 0 Å². The van der Waals surface area contributed by atoms with Crippen LogP contribution in [0.15, 0.2) is 24.3 Å². The van der Waals surface area contributed by atoms with Gasteiger partial charge < -0.3 is 9.97 Å². The van der Waals surface area contributed by atoms with E-state index in [4.69, 9.17) is 19.9 Å². The van der Waals surface area contributed by atoms with E-state index in [0.717, 1.165) is 94.3 Å². The first-order valence-corrected chi connectivity index (χ1v) is 15.5. The SMILES string of the molecule is CCC1=C(Br)c2cc3[n-]c(cc4nc(cc5[n-]c(cc1n2)c(CC)c5CC)C(CC)=C4CC)c(CC)c3CC.[Cu+2]. The molecule has 40 heavy (non-hydrogen) atoms. The molecule has 0 saturated heterocycles. The van der Waals surface area contributed by atoms with Crippen molar-refractivity contribution in [3.8, 4) is 0 Å². The van der Waals surface area contributed by atoms with Crippen molar-refractivity contribution in [3.05, 3.63) is 69.3 Å². The Kier molecular flexibility index (Phi) is 9.65. The third-order valence-corrected chi connectivity index (χ3v) is 9.16. The van der Waals surface area contributed by atoms with Crippen molar-refractivity contribution in [3.63, 3.8) is 0 Å². The Morgan fingerprint density at radius 1 is 0.475 bits per heavy atom. The minimum absolute atomic E-state index is 0. The Balaban J connectivity index is 0.00000370. The van der Waals surface area contributed by atoms with Crippen molar-refractivity contribution in [1.82, 2.24) is 19.9 Å². The molecule has 0 aliphatic carbocycles. The molecule has 2 aliphatic heterocycles. The van der Waals surface area contributed by atoms with Crippen molar-refractivity contribution >= 4 is 59.2 Å². The van der Waals surface area contributed by atoms with Crippen molar-refractivity contribution in [2.45, 2.75) is 93.4 Å². The number of hydrogen-bond donors (Lipinski definition) is 0. The number of rotatable bonds is 7. The van der Waals surface area contributed by atoms with Crippen LogP contribution < -0.4 is 9.97 Å². The molecule has 5 rings (SSSR count). The zero-order valence-electron chi connectivity index (χ0n) is 24.7. The van der Waals surface area contributed by atoms with Crippen molar-refractivity contribution < 1.29 is 17.1 Å². The molecule has 3 aromatic rings. The number of halogens is 1. The van der Waals surface area contributed by atoms with Crippen LogP contribution in [0.4, 0.5) is 0 Å². The molecule has 0 saturated carbocycles. The van der Waals surface area contributed by atoms with Gasteiger partial charge in [0.2, 0.25) is 0 Å². The number of aromatic nitrogens is 4. The van der Waals surface area contributed by atoms with E-state index >= 15 is 0 Å². The summed E-state index contributed by atoms with van der Waals surface area (Å²) >= 11 is 3.90. The second-order valence-corrected chi connectivity index (χ2v) is 11.0. The van der Waals surface area contributed by atoms with Crippen LogP contribution in [0, 0.1) is 0 Å². The van der Waals surface area contributed by atoms with Crippen molar-refractivity contribution in [2.75, 3.05) is 0 Å². The van der Waals surface area contributed by atoms with Gasteiger partial charge in [0.25, 0.3) is 0 Å². The number of hydrogen-bond acceptors (Lipinski definition) is 2. The molecule has 4 nitrogen and oxygen atoms in total. The Hall–Kier alpha value is -2.40. The molecule has 8 bridgehead atoms. The monoisotopic (exact) mass is 645 g/mol. The van der Waals surface area contributed by atoms with Crippen molar-refractivity contribution in [2.24, 2.45) is 0 Å². The summed E-state index contributed by atoms with van der Waals surface area (Å²) in [5.74, 6) is 0. The molecule has 1 radical (unpaired) electrons. The van der Waals surface area contributed by atoms with Gasteiger partial charge in [0, 0.05) is 4.48 Å². The van der Waals surface area contributed by atoms with E-state index < -0.39 is 0 Å². The predicted molar refractivity (Wildman–Crippen MR) is 170 cm³/mol. The number of aryl methyl sites for hydroxylation is 4. The van der Waals surface area contributed by atoms with E-state index in [1.807, 2.05) is 0 Å². The van der Waals surface area contributed by atoms with Gasteiger partial charge in [-0.3, -0.25) is 0 Å². The first-order chi connectivity index (χ1) is 18.9. The maximum Gasteiger partial charge on any atom is 2.00 e. The molecule has 0 amide bonds. The topological polar surface area (TPSA) is 54.0 Å². The first kappa shape index (κ1) is 30.6. The minimum atomic E-state index is 0. The minimum Gasteiger partial charge on any atom is -0.657 e. The third kappa shape index (κ3) is 5.08. The molecule has 5 heterocycles. The normalized spacial score (nSPS) is 13.3. The van der Waals surface area contributed by atoms with E-state index in [1.165, 1.54) is 39.0 Å². The zero-order valence-corrected chi connectivity index (χ0v) is 27.3. The molecule has 0 atom stereocenters. The first-order valence-electron chi connectivity index (χ1n) is 14.7. The molecule has 0 aromatic carbocycles. The molecule has 0 N–H and O–H groups in total. The Morgan fingerprint density at radius 2 is 0.775 bits per heavy atom. The van der Waals surface area contributed by atoms with Gasteiger partial charge in [-0.1, -0.05) is 88.9 Å². The van der Waals surface area contributed by atoms with Gasteiger partial charge in [0.1, 0.15) is 0 Å². The summed E-state index contributed by atoms with van der Waals surface area (Å²) in [7, 11) is 0. The van der Waals surface area contributed by atoms with Gasteiger partial charge in [-0.15, -0.1) is 22.1 Å². The Labute approximate surface area is 257 Å². The molecular weight excluding hydrogens is 608 g/mol. The van der Waals surface area contributed by atoms with E-state index in [2.05, 4.69) is 88.7 Å². The van der Waals surface area contributed by atoms with Gasteiger partial charge in [-0.25, -0.2) is 9.97 Å². The van der Waals surface area contributed by atoms with Crippen molar-refractivity contribution in [1.29, 1.82) is 0 Å². The standard InChI is InChI=1S/C34H39BrN4.Cu/c1-8-19-20(9-2)27-16-29-23(12-5)24(13-6)31(38-29)18-33-34(35)25(14-7)32(39-33)17-30-22(11-4)21(10-3)28(37-30)15-26(19)36-27;/h15-18H,8-14H2,1-7H3;/q-2;+2. The third-order valence-electron chi connectivity index (χ3n) is 8.28. The zero-order chi connectivity index (χ0) is 27.8. The molecule has 3 aromatic heterocycles. The predicted octanol–water partition coefficient (Wildman–Crippen LogP) is 9.22. The number of fused-ring (bicyclic) bond motifs is 8. The summed E-state index contributed by atoms with van der Waals surface area (Å²) in [6, 6.07) is 8.81. The average Bonchev–Trinajstić information content (AvgIpc) is 3.64. The van der Waals surface area contributed by atoms with Gasteiger partial charge in [-0.05, 0) is 83.7 Å². The number of allylic oxidation sites excluding steroid dienone is 3. The quantitative estimate of drug-likeness (QED) is 0.240. The summed E-state index contributed by atoms with van der Waals surface area (Å²) < 4.78 is 1.06. The maximum atomic E-state index is 5.23. The summed E-state index contributed by atoms with van der Waals surface area (Å²) in [4.78, 5) is 20.8. The van der Waals surface area contributed by atoms with Crippen LogP contribution in [0.25, 0.3) is 43.3 Å². The number of nitrogens with zero attached hydrogens (tertiary/aromatic N) is 4. The summed E-state index contributed by atoms with van der Waals surface area (Å²) in [6.45, 7) is 15.6. The summed E-state index contributed by atoms with van der Waals surface area (Å²) in [5, 5.41) is 0. The van der Waals surface area contributed by atoms with Gasteiger partial charge >= 0.3 is 17.1 Å². The average molecular weight is 647 g/mol. The van der Waals surface area contributed by atoms with E-state index in [-0.39, 0.29) is 17.1 Å². The van der Waals surface area contributed by atoms with E-state index in [9.17, 15) is 0 Å². The van der Waals surface area contributed by atoms with Gasteiger partial charge in [0.15, 0.2) is 0 Å². The molecule has 0 fully saturated rings. The van der Waals surface area contributed by atoms with Gasteiger partial charge in [0.05, 0.1) is 22.8 Å². The second kappa shape index (κ2) is 12.6. The molecule has 0 spiro atoms. The van der Waals surface area contributed by atoms with E-state index in [1.54, 1.807) is 0 Å². The smallest absolute Gasteiger partial charge is 0.657 e. The van der Waals surface area contributed by atoms with Crippen LogP contribution in [0.2, 0.25) is 0 Å². The van der Waals surface area contributed by atoms with Crippen LogP contribution in [-0.2, 0) is 42.8 Å². The summed E-state index contributed by atoms with van der Waals surface area (Å²) in [5.41, 5.74) is 17.3. The van der Waals surface area contributed by atoms with Gasteiger partial charge in [-0.2, -0.15) is 0 Å². The van der Waals surface area contributed by atoms with Crippen LogP contribution in [0.1, 0.15) is 113 Å². The molecule has 213 valence electrons. The molecule has 6 heteroatoms. The fourth-order valence-corrected chi connectivity index (χ4v) is 7.07. The summed E-state index contributed by atoms with van der Waals surface area (Å²) in [6.07, 6.45) is 6.52. The Bertz CT molecular complexity index is 1670. The molecule has 2 aliphatic rings. The maximum absolute atomic E-state index is 5.23. The molecule has 0 unspecified atom stereocenters. The fourth-order valence-electron chi connectivity index (χ4n) is 6.39. The second-order valence-electron chi connectivity index (χ2n) is 10.2. The Morgan fingerprint density at radius 3 is 1.10 bits per heavy atom. The van der Waals surface area contributed by atoms with Crippen LogP contribution in [0.3, 0.4) is 0 Å². The van der Waals surface area contributed by atoms with Crippen LogP contribution in [-0.4, -0.2) is 9.97 Å². The van der Waals surface area contributed by atoms with Crippen LogP contribution >= 0.6 is 15.9 Å². The van der Waals surface area contributed by atoms with E-state index in [0.29, 0.717) is 0 Å².